The van der Waals surface area contributed by atoms with Crippen molar-refractivity contribution in [1.82, 2.24) is 0 Å². The van der Waals surface area contributed by atoms with Gasteiger partial charge in [0.05, 0.1) is 18.4 Å². The van der Waals surface area contributed by atoms with Crippen molar-refractivity contribution in [2.24, 2.45) is 17.6 Å². The Kier molecular flexibility index (Phi) is 12.1. The fourth-order valence-electron chi connectivity index (χ4n) is 2.36. The molecule has 0 fully saturated rings. The standard InChI is InChI=1S/C24H35NO9/c1-7-10-30-24(29)32-16(6)13-31-23(28)18(25)11-17-8-9-19(33-21(26)14(2)3)20(12-17)34-22(27)15(4)5/h8-9,12,14-16,18H,7,10-11,13,25H2,1-6H3/t16-,18-/m0/s1. The molecule has 0 aliphatic heterocycles. The van der Waals surface area contributed by atoms with E-state index < -0.39 is 42.1 Å². The molecule has 2 N–H and O–H groups in total. The third-order valence-electron chi connectivity index (χ3n) is 4.31. The van der Waals surface area contributed by atoms with E-state index >= 15 is 0 Å². The lowest BCUT2D eigenvalue weighted by molar-refractivity contribution is -0.148. The number of ether oxygens (including phenoxy) is 5. The molecule has 0 amide bonds. The molecule has 0 unspecified atom stereocenters. The molecule has 0 aliphatic rings. The smallest absolute Gasteiger partial charge is 0.461 e. The Morgan fingerprint density at radius 3 is 2.00 bits per heavy atom. The Balaban J connectivity index is 2.80. The molecule has 0 saturated heterocycles. The summed E-state index contributed by atoms with van der Waals surface area (Å²) < 4.78 is 25.6. The highest BCUT2D eigenvalue weighted by atomic mass is 16.7. The summed E-state index contributed by atoms with van der Waals surface area (Å²) in [6, 6.07) is 3.55. The maximum Gasteiger partial charge on any atom is 0.508 e. The van der Waals surface area contributed by atoms with Gasteiger partial charge in [0, 0.05) is 0 Å². The van der Waals surface area contributed by atoms with Crippen LogP contribution >= 0.6 is 0 Å². The molecule has 10 nitrogen and oxygen atoms in total. The Bertz CT molecular complexity index is 851. The van der Waals surface area contributed by atoms with Crippen molar-refractivity contribution >= 4 is 24.1 Å². The van der Waals surface area contributed by atoms with Crippen molar-refractivity contribution in [2.45, 2.75) is 66.5 Å². The monoisotopic (exact) mass is 481 g/mol. The SMILES string of the molecule is CCCOC(=O)O[C@@H](C)COC(=O)[C@@H](N)Cc1ccc(OC(=O)C(C)C)c(OC(=O)C(C)C)c1. The van der Waals surface area contributed by atoms with Gasteiger partial charge in [0.2, 0.25) is 0 Å². The van der Waals surface area contributed by atoms with Crippen molar-refractivity contribution in [1.29, 1.82) is 0 Å². The second-order valence-corrected chi connectivity index (χ2v) is 8.40. The van der Waals surface area contributed by atoms with Crippen LogP contribution in [0.5, 0.6) is 11.5 Å². The van der Waals surface area contributed by atoms with Gasteiger partial charge in [-0.3, -0.25) is 14.4 Å². The highest BCUT2D eigenvalue weighted by Gasteiger charge is 2.22. The Hall–Kier alpha value is -3.14. The van der Waals surface area contributed by atoms with Crippen LogP contribution in [0, 0.1) is 11.8 Å². The molecule has 0 heterocycles. The molecule has 34 heavy (non-hydrogen) atoms. The zero-order chi connectivity index (χ0) is 25.8. The van der Waals surface area contributed by atoms with E-state index in [4.69, 9.17) is 29.4 Å². The zero-order valence-electron chi connectivity index (χ0n) is 20.6. The zero-order valence-corrected chi connectivity index (χ0v) is 20.6. The van der Waals surface area contributed by atoms with Crippen molar-refractivity contribution in [2.75, 3.05) is 13.2 Å². The van der Waals surface area contributed by atoms with Crippen LogP contribution in [-0.4, -0.2) is 49.4 Å². The molecule has 1 rings (SSSR count). The molecule has 1 aromatic carbocycles. The van der Waals surface area contributed by atoms with E-state index in [9.17, 15) is 19.2 Å². The minimum atomic E-state index is -1.03. The van der Waals surface area contributed by atoms with E-state index in [1.54, 1.807) is 40.7 Å². The first-order chi connectivity index (χ1) is 15.9. The predicted molar refractivity (Wildman–Crippen MR) is 122 cm³/mol. The van der Waals surface area contributed by atoms with E-state index in [2.05, 4.69) is 0 Å². The number of carbonyl (C=O) groups excluding carboxylic acids is 4. The maximum absolute atomic E-state index is 12.3. The highest BCUT2D eigenvalue weighted by molar-refractivity contribution is 5.78. The first-order valence-corrected chi connectivity index (χ1v) is 11.3. The largest absolute Gasteiger partial charge is 0.508 e. The molecule has 1 aromatic rings. The summed E-state index contributed by atoms with van der Waals surface area (Å²) in [5.74, 6) is -2.33. The van der Waals surface area contributed by atoms with E-state index in [0.717, 1.165) is 0 Å². The Morgan fingerprint density at radius 1 is 0.853 bits per heavy atom. The van der Waals surface area contributed by atoms with Crippen LogP contribution in [0.25, 0.3) is 0 Å². The summed E-state index contributed by atoms with van der Waals surface area (Å²) in [4.78, 5) is 47.8. The molecule has 2 atom stereocenters. The third kappa shape index (κ3) is 10.2. The summed E-state index contributed by atoms with van der Waals surface area (Å²) in [5, 5.41) is 0. The predicted octanol–water partition coefficient (Wildman–Crippen LogP) is 3.17. The fraction of sp³-hybridized carbons (Fsp3) is 0.583. The number of nitrogens with two attached hydrogens (primary N) is 1. The van der Waals surface area contributed by atoms with Gasteiger partial charge in [0.1, 0.15) is 18.8 Å². The summed E-state index contributed by atoms with van der Waals surface area (Å²) >= 11 is 0. The number of esters is 3. The summed E-state index contributed by atoms with van der Waals surface area (Å²) in [6.07, 6.45) is -0.821. The van der Waals surface area contributed by atoms with Crippen molar-refractivity contribution < 1.29 is 42.9 Å². The first kappa shape index (κ1) is 28.9. The third-order valence-corrected chi connectivity index (χ3v) is 4.31. The summed E-state index contributed by atoms with van der Waals surface area (Å²) in [6.45, 7) is 10.2. The van der Waals surface area contributed by atoms with Crippen LogP contribution in [0.3, 0.4) is 0 Å². The number of carbonyl (C=O) groups is 4. The molecule has 190 valence electrons. The van der Waals surface area contributed by atoms with E-state index in [-0.39, 0.29) is 37.1 Å². The van der Waals surface area contributed by atoms with Crippen LogP contribution < -0.4 is 15.2 Å². The number of rotatable bonds is 12. The molecule has 10 heteroatoms. The van der Waals surface area contributed by atoms with Crippen LogP contribution in [-0.2, 0) is 35.0 Å². The van der Waals surface area contributed by atoms with E-state index in [0.29, 0.717) is 12.0 Å². The highest BCUT2D eigenvalue weighted by Crippen LogP contribution is 2.30. The quantitative estimate of drug-likeness (QED) is 0.349. The lowest BCUT2D eigenvalue weighted by Gasteiger charge is -2.17. The van der Waals surface area contributed by atoms with Crippen molar-refractivity contribution in [3.63, 3.8) is 0 Å². The molecule has 0 aromatic heterocycles. The first-order valence-electron chi connectivity index (χ1n) is 11.3. The average molecular weight is 482 g/mol. The molecule has 0 bridgehead atoms. The molecular formula is C24H35NO9. The van der Waals surface area contributed by atoms with Gasteiger partial charge in [0.25, 0.3) is 0 Å². The topological polar surface area (TPSA) is 140 Å². The van der Waals surface area contributed by atoms with E-state index in [1.807, 2.05) is 6.92 Å². The van der Waals surface area contributed by atoms with Crippen LogP contribution in [0.4, 0.5) is 4.79 Å². The Labute approximate surface area is 200 Å². The van der Waals surface area contributed by atoms with Gasteiger partial charge in [-0.05, 0) is 37.5 Å². The lowest BCUT2D eigenvalue weighted by atomic mass is 10.1. The molecule has 0 saturated carbocycles. The molecule has 0 spiro atoms. The summed E-state index contributed by atoms with van der Waals surface area (Å²) in [5.41, 5.74) is 6.52. The summed E-state index contributed by atoms with van der Waals surface area (Å²) in [7, 11) is 0. The second kappa shape index (κ2) is 14.2. The van der Waals surface area contributed by atoms with Gasteiger partial charge in [-0.1, -0.05) is 40.7 Å². The van der Waals surface area contributed by atoms with E-state index in [1.165, 1.54) is 12.1 Å². The number of hydrogen-bond donors (Lipinski definition) is 1. The maximum atomic E-state index is 12.3. The van der Waals surface area contributed by atoms with Crippen LogP contribution in [0.1, 0.15) is 53.5 Å². The van der Waals surface area contributed by atoms with Crippen LogP contribution in [0.15, 0.2) is 18.2 Å². The fourth-order valence-corrected chi connectivity index (χ4v) is 2.36. The van der Waals surface area contributed by atoms with Gasteiger partial charge in [-0.15, -0.1) is 0 Å². The lowest BCUT2D eigenvalue weighted by Crippen LogP contribution is -2.36. The van der Waals surface area contributed by atoms with Crippen LogP contribution in [0.2, 0.25) is 0 Å². The molecule has 0 aliphatic carbocycles. The minimum Gasteiger partial charge on any atom is -0.461 e. The molecular weight excluding hydrogens is 446 g/mol. The van der Waals surface area contributed by atoms with Gasteiger partial charge in [-0.25, -0.2) is 4.79 Å². The minimum absolute atomic E-state index is 0.0541. The normalized spacial score (nSPS) is 12.6. The number of benzene rings is 1. The van der Waals surface area contributed by atoms with Gasteiger partial charge >= 0.3 is 24.1 Å². The molecule has 0 radical (unpaired) electrons. The van der Waals surface area contributed by atoms with Gasteiger partial charge in [0.15, 0.2) is 11.5 Å². The number of hydrogen-bond acceptors (Lipinski definition) is 10. The second-order valence-electron chi connectivity index (χ2n) is 8.40. The van der Waals surface area contributed by atoms with Crippen molar-refractivity contribution in [3.8, 4) is 11.5 Å². The van der Waals surface area contributed by atoms with Crippen molar-refractivity contribution in [3.05, 3.63) is 23.8 Å². The average Bonchev–Trinajstić information content (AvgIpc) is 2.77. The Morgan fingerprint density at radius 2 is 1.44 bits per heavy atom. The van der Waals surface area contributed by atoms with Gasteiger partial charge in [-0.2, -0.15) is 0 Å². The van der Waals surface area contributed by atoms with Gasteiger partial charge < -0.3 is 29.4 Å².